The zero-order valence-electron chi connectivity index (χ0n) is 9.22. The standard InChI is InChI=1S/C12H8N4O2/c17-16(18)12-7-15(8-14-12)11-5-1-4-10-9(11)3-2-6-13-10/h1-8H. The summed E-state index contributed by atoms with van der Waals surface area (Å²) in [6, 6.07) is 9.37. The molecule has 88 valence electrons. The Kier molecular flexibility index (Phi) is 2.26. The summed E-state index contributed by atoms with van der Waals surface area (Å²) in [4.78, 5) is 18.1. The fraction of sp³-hybridized carbons (Fsp3) is 0. The van der Waals surface area contributed by atoms with Crippen LogP contribution in [-0.4, -0.2) is 19.5 Å². The molecule has 0 amide bonds. The van der Waals surface area contributed by atoms with E-state index in [9.17, 15) is 10.1 Å². The smallest absolute Gasteiger partial charge is 0.358 e. The maximum atomic E-state index is 10.6. The molecule has 0 radical (unpaired) electrons. The summed E-state index contributed by atoms with van der Waals surface area (Å²) in [7, 11) is 0. The average molecular weight is 240 g/mol. The molecule has 0 saturated heterocycles. The first kappa shape index (κ1) is 10.4. The molecule has 0 unspecified atom stereocenters. The number of imidazole rings is 1. The van der Waals surface area contributed by atoms with Crippen LogP contribution >= 0.6 is 0 Å². The van der Waals surface area contributed by atoms with Gasteiger partial charge in [-0.05, 0) is 34.2 Å². The van der Waals surface area contributed by atoms with Crippen LogP contribution < -0.4 is 0 Å². The summed E-state index contributed by atoms with van der Waals surface area (Å²) in [5, 5.41) is 11.5. The molecule has 0 aliphatic rings. The van der Waals surface area contributed by atoms with E-state index < -0.39 is 4.92 Å². The lowest BCUT2D eigenvalue weighted by Gasteiger charge is -2.04. The minimum atomic E-state index is -0.514. The van der Waals surface area contributed by atoms with Crippen molar-refractivity contribution in [2.24, 2.45) is 0 Å². The van der Waals surface area contributed by atoms with Crippen molar-refractivity contribution in [2.45, 2.75) is 0 Å². The molecule has 0 fully saturated rings. The Hall–Kier alpha value is -2.76. The number of nitro groups is 1. The number of benzene rings is 1. The van der Waals surface area contributed by atoms with Gasteiger partial charge in [0.1, 0.15) is 6.20 Å². The van der Waals surface area contributed by atoms with Crippen molar-refractivity contribution in [3.8, 4) is 5.69 Å². The number of rotatable bonds is 2. The van der Waals surface area contributed by atoms with Crippen molar-refractivity contribution >= 4 is 16.7 Å². The maximum absolute atomic E-state index is 10.6. The van der Waals surface area contributed by atoms with Gasteiger partial charge in [0, 0.05) is 11.6 Å². The van der Waals surface area contributed by atoms with E-state index in [1.807, 2.05) is 30.3 Å². The van der Waals surface area contributed by atoms with Gasteiger partial charge in [-0.25, -0.2) is 0 Å². The van der Waals surface area contributed by atoms with Crippen LogP contribution in [0.15, 0.2) is 49.1 Å². The Balaban J connectivity index is 2.21. The van der Waals surface area contributed by atoms with Crippen LogP contribution in [0.25, 0.3) is 16.6 Å². The van der Waals surface area contributed by atoms with Crippen LogP contribution in [0, 0.1) is 10.1 Å². The molecular formula is C12H8N4O2. The second-order valence-corrected chi connectivity index (χ2v) is 3.74. The van der Waals surface area contributed by atoms with Gasteiger partial charge in [-0.3, -0.25) is 9.55 Å². The highest BCUT2D eigenvalue weighted by molar-refractivity contribution is 5.87. The monoisotopic (exact) mass is 240 g/mol. The van der Waals surface area contributed by atoms with Gasteiger partial charge in [0.2, 0.25) is 6.33 Å². The van der Waals surface area contributed by atoms with Crippen LogP contribution in [0.1, 0.15) is 0 Å². The molecule has 0 saturated carbocycles. The molecule has 3 aromatic rings. The third-order valence-corrected chi connectivity index (χ3v) is 2.66. The SMILES string of the molecule is O=[N+]([O-])c1cn(-c2cccc3ncccc23)cn1. The third kappa shape index (κ3) is 1.60. The van der Waals surface area contributed by atoms with Crippen molar-refractivity contribution in [2.75, 3.05) is 0 Å². The molecule has 0 spiro atoms. The van der Waals surface area contributed by atoms with Gasteiger partial charge in [-0.2, -0.15) is 0 Å². The molecule has 0 aliphatic carbocycles. The Labute approximate surface area is 102 Å². The number of pyridine rings is 1. The van der Waals surface area contributed by atoms with Crippen molar-refractivity contribution < 1.29 is 4.92 Å². The summed E-state index contributed by atoms with van der Waals surface area (Å²) in [6.45, 7) is 0. The summed E-state index contributed by atoms with van der Waals surface area (Å²) in [5.41, 5.74) is 1.66. The molecule has 1 aromatic carbocycles. The molecule has 2 heterocycles. The van der Waals surface area contributed by atoms with E-state index in [0.29, 0.717) is 0 Å². The van der Waals surface area contributed by atoms with Crippen molar-refractivity contribution in [3.63, 3.8) is 0 Å². The van der Waals surface area contributed by atoms with E-state index in [0.717, 1.165) is 16.6 Å². The summed E-state index contributed by atoms with van der Waals surface area (Å²) < 4.78 is 1.63. The zero-order chi connectivity index (χ0) is 12.5. The number of aromatic nitrogens is 3. The molecule has 3 rings (SSSR count). The van der Waals surface area contributed by atoms with E-state index in [1.165, 1.54) is 12.5 Å². The van der Waals surface area contributed by atoms with Crippen molar-refractivity contribution in [1.29, 1.82) is 0 Å². The Bertz CT molecular complexity index is 730. The minimum absolute atomic E-state index is 0.170. The van der Waals surface area contributed by atoms with E-state index in [1.54, 1.807) is 10.8 Å². The van der Waals surface area contributed by atoms with Gasteiger partial charge in [0.15, 0.2) is 0 Å². The van der Waals surface area contributed by atoms with Gasteiger partial charge >= 0.3 is 5.82 Å². The largest absolute Gasteiger partial charge is 0.381 e. The van der Waals surface area contributed by atoms with Gasteiger partial charge < -0.3 is 10.1 Å². The van der Waals surface area contributed by atoms with Crippen molar-refractivity contribution in [3.05, 3.63) is 59.2 Å². The number of hydrogen-bond donors (Lipinski definition) is 0. The fourth-order valence-electron chi connectivity index (χ4n) is 1.85. The molecule has 0 bridgehead atoms. The molecule has 0 N–H and O–H groups in total. The van der Waals surface area contributed by atoms with E-state index >= 15 is 0 Å². The average Bonchev–Trinajstić information content (AvgIpc) is 2.87. The molecule has 6 heteroatoms. The second-order valence-electron chi connectivity index (χ2n) is 3.74. The zero-order valence-corrected chi connectivity index (χ0v) is 9.22. The molecule has 18 heavy (non-hydrogen) atoms. The lowest BCUT2D eigenvalue weighted by Crippen LogP contribution is -1.92. The Morgan fingerprint density at radius 3 is 2.83 bits per heavy atom. The molecular weight excluding hydrogens is 232 g/mol. The predicted octanol–water partition coefficient (Wildman–Crippen LogP) is 2.33. The molecule has 0 aliphatic heterocycles. The number of fused-ring (bicyclic) bond motifs is 1. The molecule has 6 nitrogen and oxygen atoms in total. The van der Waals surface area contributed by atoms with Gasteiger partial charge in [-0.1, -0.05) is 6.07 Å². The normalized spacial score (nSPS) is 10.7. The second kappa shape index (κ2) is 3.92. The van der Waals surface area contributed by atoms with Crippen molar-refractivity contribution in [1.82, 2.24) is 14.5 Å². The van der Waals surface area contributed by atoms with E-state index in [4.69, 9.17) is 0 Å². The van der Waals surface area contributed by atoms with Crippen LogP contribution in [-0.2, 0) is 0 Å². The van der Waals surface area contributed by atoms with Crippen LogP contribution in [0.5, 0.6) is 0 Å². The highest BCUT2D eigenvalue weighted by atomic mass is 16.6. The quantitative estimate of drug-likeness (QED) is 0.509. The lowest BCUT2D eigenvalue weighted by atomic mass is 10.2. The number of hydrogen-bond acceptors (Lipinski definition) is 4. The van der Waals surface area contributed by atoms with Gasteiger partial charge in [0.05, 0.1) is 11.2 Å². The highest BCUT2D eigenvalue weighted by Crippen LogP contribution is 2.21. The number of nitrogens with zero attached hydrogens (tertiary/aromatic N) is 4. The summed E-state index contributed by atoms with van der Waals surface area (Å²) in [5.74, 6) is -0.170. The minimum Gasteiger partial charge on any atom is -0.358 e. The first-order valence-electron chi connectivity index (χ1n) is 5.28. The Morgan fingerprint density at radius 1 is 1.17 bits per heavy atom. The lowest BCUT2D eigenvalue weighted by molar-refractivity contribution is -0.389. The van der Waals surface area contributed by atoms with Crippen LogP contribution in [0.2, 0.25) is 0 Å². The highest BCUT2D eigenvalue weighted by Gasteiger charge is 2.12. The first-order valence-corrected chi connectivity index (χ1v) is 5.28. The van der Waals surface area contributed by atoms with Gasteiger partial charge in [0.25, 0.3) is 0 Å². The maximum Gasteiger partial charge on any atom is 0.381 e. The summed E-state index contributed by atoms with van der Waals surface area (Å²) >= 11 is 0. The third-order valence-electron chi connectivity index (χ3n) is 2.66. The van der Waals surface area contributed by atoms with E-state index in [-0.39, 0.29) is 5.82 Å². The fourth-order valence-corrected chi connectivity index (χ4v) is 1.85. The van der Waals surface area contributed by atoms with Crippen LogP contribution in [0.4, 0.5) is 5.82 Å². The van der Waals surface area contributed by atoms with Gasteiger partial charge in [-0.15, -0.1) is 0 Å². The first-order chi connectivity index (χ1) is 8.75. The molecule has 0 atom stereocenters. The molecule has 2 aromatic heterocycles. The summed E-state index contributed by atoms with van der Waals surface area (Å²) in [6.07, 6.45) is 4.53. The topological polar surface area (TPSA) is 73.8 Å². The van der Waals surface area contributed by atoms with Crippen LogP contribution in [0.3, 0.4) is 0 Å². The Morgan fingerprint density at radius 2 is 2.06 bits per heavy atom. The van der Waals surface area contributed by atoms with E-state index in [2.05, 4.69) is 9.97 Å². The predicted molar refractivity (Wildman–Crippen MR) is 65.5 cm³/mol.